The fraction of sp³-hybridized carbons (Fsp3) is 0.720. The minimum absolute atomic E-state index is 0.109. The Morgan fingerprint density at radius 1 is 1.10 bits per heavy atom. The van der Waals surface area contributed by atoms with E-state index in [1.165, 1.54) is 31.4 Å². The summed E-state index contributed by atoms with van der Waals surface area (Å²) in [6.45, 7) is 5.24. The first kappa shape index (κ1) is 20.3. The van der Waals surface area contributed by atoms with Crippen molar-refractivity contribution in [2.75, 3.05) is 32.8 Å². The molecule has 0 bridgehead atoms. The van der Waals surface area contributed by atoms with Gasteiger partial charge in [0.05, 0.1) is 0 Å². The van der Waals surface area contributed by atoms with Crippen molar-refractivity contribution >= 4 is 5.91 Å². The number of benzene rings is 1. The second-order valence-corrected chi connectivity index (χ2v) is 9.98. The largest absolute Gasteiger partial charge is 0.487 e. The number of likely N-dealkylation sites (tertiary alicyclic amines) is 1. The average Bonchev–Trinajstić information content (AvgIpc) is 2.73. The van der Waals surface area contributed by atoms with Crippen molar-refractivity contribution in [1.29, 1.82) is 0 Å². The van der Waals surface area contributed by atoms with Gasteiger partial charge in [-0.05, 0) is 68.9 Å². The average molecular weight is 413 g/mol. The van der Waals surface area contributed by atoms with Crippen LogP contribution in [0.5, 0.6) is 5.75 Å². The molecule has 1 atom stereocenters. The highest BCUT2D eigenvalue weighted by Crippen LogP contribution is 2.46. The number of fused-ring (bicyclic) bond motifs is 1. The second-order valence-electron chi connectivity index (χ2n) is 9.98. The summed E-state index contributed by atoms with van der Waals surface area (Å²) in [6.07, 6.45) is 9.60. The third kappa shape index (κ3) is 4.52. The first-order chi connectivity index (χ1) is 14.7. The van der Waals surface area contributed by atoms with E-state index >= 15 is 0 Å². The molecule has 0 aromatic heterocycles. The van der Waals surface area contributed by atoms with Crippen molar-refractivity contribution in [3.63, 3.8) is 0 Å². The summed E-state index contributed by atoms with van der Waals surface area (Å²) in [5.74, 6) is 2.26. The Balaban J connectivity index is 1.23. The van der Waals surface area contributed by atoms with Crippen LogP contribution >= 0.6 is 0 Å². The first-order valence-corrected chi connectivity index (χ1v) is 12.1. The molecule has 1 aromatic carbocycles. The highest BCUT2D eigenvalue weighted by molar-refractivity contribution is 5.77. The number of carbonyl (C=O) groups is 1. The molecule has 5 rings (SSSR count). The minimum atomic E-state index is -0.109. The number of hydrogen-bond donors (Lipinski definition) is 1. The lowest BCUT2D eigenvalue weighted by atomic mass is 9.76. The van der Waals surface area contributed by atoms with Gasteiger partial charge in [0.1, 0.15) is 11.4 Å². The van der Waals surface area contributed by atoms with Gasteiger partial charge in [0.2, 0.25) is 5.91 Å². The molecule has 4 aliphatic rings. The Labute approximate surface area is 180 Å². The van der Waals surface area contributed by atoms with Gasteiger partial charge >= 0.3 is 0 Å². The summed E-state index contributed by atoms with van der Waals surface area (Å²) in [6, 6.07) is 8.80. The summed E-state index contributed by atoms with van der Waals surface area (Å²) >= 11 is 0. The second kappa shape index (κ2) is 8.88. The van der Waals surface area contributed by atoms with Crippen molar-refractivity contribution in [2.45, 2.75) is 75.3 Å². The van der Waals surface area contributed by atoms with Crippen LogP contribution in [-0.2, 0) is 9.53 Å². The number of ether oxygens (including phenoxy) is 2. The standard InChI is InChI=1S/C25H36N2O3/c28-24(26-21-4-3-5-21)16-20-17-25(30-23-7-2-1-6-22(20)23)10-12-27(13-11-25)18-19-8-14-29-15-9-19/h1-2,6-7,19-21H,3-5,8-18H2,(H,26,28)/t20-/m1/s1. The molecule has 1 amide bonds. The highest BCUT2D eigenvalue weighted by Gasteiger charge is 2.44. The zero-order valence-corrected chi connectivity index (χ0v) is 18.1. The molecular weight excluding hydrogens is 376 g/mol. The molecule has 3 fully saturated rings. The molecular formula is C25H36N2O3. The molecule has 5 heteroatoms. The molecule has 1 N–H and O–H groups in total. The summed E-state index contributed by atoms with van der Waals surface area (Å²) in [5, 5.41) is 3.24. The van der Waals surface area contributed by atoms with Gasteiger partial charge in [0.15, 0.2) is 0 Å². The molecule has 1 saturated carbocycles. The fourth-order valence-corrected chi connectivity index (χ4v) is 5.73. The summed E-state index contributed by atoms with van der Waals surface area (Å²) < 4.78 is 12.2. The number of carbonyl (C=O) groups excluding carboxylic acids is 1. The Hall–Kier alpha value is -1.59. The van der Waals surface area contributed by atoms with E-state index in [9.17, 15) is 4.79 Å². The lowest BCUT2D eigenvalue weighted by Crippen LogP contribution is -2.51. The van der Waals surface area contributed by atoms with Gasteiger partial charge in [-0.3, -0.25) is 4.79 Å². The molecule has 0 radical (unpaired) electrons. The molecule has 1 spiro atoms. The Morgan fingerprint density at radius 2 is 1.87 bits per heavy atom. The SMILES string of the molecule is O=C(C[C@@H]1CC2(CCN(CC3CCOCC3)CC2)Oc2ccccc21)NC1CCC1. The number of piperidine rings is 1. The Kier molecular flexibility index (Phi) is 6.01. The van der Waals surface area contributed by atoms with Gasteiger partial charge in [-0.2, -0.15) is 0 Å². The van der Waals surface area contributed by atoms with Crippen LogP contribution in [0.4, 0.5) is 0 Å². The van der Waals surface area contributed by atoms with Crippen LogP contribution < -0.4 is 10.1 Å². The van der Waals surface area contributed by atoms with Gasteiger partial charge in [-0.15, -0.1) is 0 Å². The number of para-hydroxylation sites is 1. The predicted octanol–water partition coefficient (Wildman–Crippen LogP) is 3.87. The monoisotopic (exact) mass is 412 g/mol. The van der Waals surface area contributed by atoms with E-state index in [0.29, 0.717) is 12.5 Å². The van der Waals surface area contributed by atoms with E-state index < -0.39 is 0 Å². The molecule has 1 aliphatic carbocycles. The topological polar surface area (TPSA) is 50.8 Å². The molecule has 1 aromatic rings. The van der Waals surface area contributed by atoms with E-state index in [1.807, 2.05) is 0 Å². The Bertz CT molecular complexity index is 734. The number of nitrogens with zero attached hydrogens (tertiary/aromatic N) is 1. The zero-order valence-electron chi connectivity index (χ0n) is 18.1. The number of hydrogen-bond acceptors (Lipinski definition) is 4. The third-order valence-electron chi connectivity index (χ3n) is 7.83. The minimum Gasteiger partial charge on any atom is -0.487 e. The number of rotatable bonds is 5. The number of amides is 1. The van der Waals surface area contributed by atoms with Crippen molar-refractivity contribution in [2.24, 2.45) is 5.92 Å². The van der Waals surface area contributed by atoms with Crippen molar-refractivity contribution in [1.82, 2.24) is 10.2 Å². The van der Waals surface area contributed by atoms with Crippen molar-refractivity contribution in [3.05, 3.63) is 29.8 Å². The smallest absolute Gasteiger partial charge is 0.220 e. The summed E-state index contributed by atoms with van der Waals surface area (Å²) in [4.78, 5) is 15.3. The van der Waals surface area contributed by atoms with Crippen LogP contribution in [0.1, 0.15) is 69.3 Å². The first-order valence-electron chi connectivity index (χ1n) is 12.1. The molecule has 3 heterocycles. The van der Waals surface area contributed by atoms with Crippen molar-refractivity contribution in [3.8, 4) is 5.75 Å². The zero-order chi connectivity index (χ0) is 20.4. The molecule has 0 unspecified atom stereocenters. The maximum Gasteiger partial charge on any atom is 0.220 e. The summed E-state index contributed by atoms with van der Waals surface area (Å²) in [7, 11) is 0. The van der Waals surface area contributed by atoms with E-state index in [1.54, 1.807) is 0 Å². The van der Waals surface area contributed by atoms with Crippen molar-refractivity contribution < 1.29 is 14.3 Å². The van der Waals surface area contributed by atoms with E-state index in [4.69, 9.17) is 9.47 Å². The molecule has 164 valence electrons. The van der Waals surface area contributed by atoms with Gasteiger partial charge in [0.25, 0.3) is 0 Å². The molecule has 30 heavy (non-hydrogen) atoms. The van der Waals surface area contributed by atoms with E-state index in [0.717, 1.165) is 70.1 Å². The Morgan fingerprint density at radius 3 is 2.60 bits per heavy atom. The third-order valence-corrected chi connectivity index (χ3v) is 7.83. The van der Waals surface area contributed by atoms with Crippen LogP contribution in [0.2, 0.25) is 0 Å². The highest BCUT2D eigenvalue weighted by atomic mass is 16.5. The number of nitrogens with one attached hydrogen (secondary N) is 1. The van der Waals surface area contributed by atoms with Gasteiger partial charge in [0, 0.05) is 51.2 Å². The summed E-state index contributed by atoms with van der Waals surface area (Å²) in [5.41, 5.74) is 1.11. The van der Waals surface area contributed by atoms with E-state index in [2.05, 4.69) is 34.5 Å². The molecule has 5 nitrogen and oxygen atoms in total. The van der Waals surface area contributed by atoms with Crippen LogP contribution in [0.3, 0.4) is 0 Å². The lowest BCUT2D eigenvalue weighted by molar-refractivity contribution is -0.123. The lowest BCUT2D eigenvalue weighted by Gasteiger charge is -2.47. The fourth-order valence-electron chi connectivity index (χ4n) is 5.73. The maximum absolute atomic E-state index is 12.7. The van der Waals surface area contributed by atoms with Crippen LogP contribution in [0.25, 0.3) is 0 Å². The molecule has 3 aliphatic heterocycles. The predicted molar refractivity (Wildman–Crippen MR) is 117 cm³/mol. The van der Waals surface area contributed by atoms with Gasteiger partial charge in [-0.1, -0.05) is 18.2 Å². The van der Waals surface area contributed by atoms with Crippen LogP contribution in [0, 0.1) is 5.92 Å². The van der Waals surface area contributed by atoms with Crippen LogP contribution in [0.15, 0.2) is 24.3 Å². The van der Waals surface area contributed by atoms with Gasteiger partial charge in [-0.25, -0.2) is 0 Å². The van der Waals surface area contributed by atoms with Crippen LogP contribution in [-0.4, -0.2) is 55.3 Å². The van der Waals surface area contributed by atoms with E-state index in [-0.39, 0.29) is 17.4 Å². The normalized spacial score (nSPS) is 27.1. The molecule has 2 saturated heterocycles. The maximum atomic E-state index is 12.7. The quantitative estimate of drug-likeness (QED) is 0.798. The van der Waals surface area contributed by atoms with Gasteiger partial charge < -0.3 is 19.7 Å².